The van der Waals surface area contributed by atoms with Gasteiger partial charge in [-0.2, -0.15) is 5.10 Å². The van der Waals surface area contributed by atoms with E-state index in [1.54, 1.807) is 11.6 Å². The van der Waals surface area contributed by atoms with Gasteiger partial charge in [-0.3, -0.25) is 9.48 Å². The number of carbonyl (C=O) groups is 1. The van der Waals surface area contributed by atoms with Crippen molar-refractivity contribution in [1.82, 2.24) is 15.1 Å². The first-order valence-corrected chi connectivity index (χ1v) is 8.41. The number of halogens is 1. The molecule has 1 aromatic carbocycles. The number of nitrogens with one attached hydrogen (secondary N) is 1. The highest BCUT2D eigenvalue weighted by Gasteiger charge is 2.14. The molecular formula is C18H24ClN3O2. The second-order valence-electron chi connectivity index (χ2n) is 6.28. The third kappa shape index (κ3) is 4.36. The number of rotatable bonds is 6. The fourth-order valence-corrected chi connectivity index (χ4v) is 2.59. The Bertz CT molecular complexity index is 708. The highest BCUT2D eigenvalue weighted by atomic mass is 35.5. The molecule has 0 radical (unpaired) electrons. The largest absolute Gasteiger partial charge is 0.387 e. The number of nitrogens with zero attached hydrogens (tertiary/aromatic N) is 2. The normalized spacial score (nSPS) is 12.5. The summed E-state index contributed by atoms with van der Waals surface area (Å²) < 4.78 is 1.57. The zero-order valence-electron chi connectivity index (χ0n) is 14.5. The zero-order chi connectivity index (χ0) is 17.9. The van der Waals surface area contributed by atoms with Crippen LogP contribution in [0, 0.1) is 13.8 Å². The summed E-state index contributed by atoms with van der Waals surface area (Å²) in [7, 11) is 0. The number of hydrogen-bond donors (Lipinski definition) is 2. The third-order valence-corrected chi connectivity index (χ3v) is 4.61. The second kappa shape index (κ2) is 7.81. The Morgan fingerprint density at radius 3 is 2.33 bits per heavy atom. The van der Waals surface area contributed by atoms with E-state index in [1.165, 1.54) is 5.56 Å². The van der Waals surface area contributed by atoms with Gasteiger partial charge in [0.1, 0.15) is 6.54 Å². The van der Waals surface area contributed by atoms with Crippen LogP contribution in [0.25, 0.3) is 0 Å². The van der Waals surface area contributed by atoms with Crippen molar-refractivity contribution in [2.45, 2.75) is 46.3 Å². The fraction of sp³-hybridized carbons (Fsp3) is 0.444. The number of aliphatic hydroxyl groups excluding tert-OH is 1. The number of amides is 1. The molecule has 0 aliphatic rings. The predicted molar refractivity (Wildman–Crippen MR) is 95.2 cm³/mol. The Hall–Kier alpha value is -1.85. The molecule has 24 heavy (non-hydrogen) atoms. The fourth-order valence-electron chi connectivity index (χ4n) is 2.45. The SMILES string of the molecule is Cc1nn(CC(=O)NCC(O)c2ccc(C(C)C)cc2)c(C)c1Cl. The van der Waals surface area contributed by atoms with Crippen molar-refractivity contribution in [3.63, 3.8) is 0 Å². The van der Waals surface area contributed by atoms with Gasteiger partial charge in [-0.15, -0.1) is 0 Å². The van der Waals surface area contributed by atoms with Gasteiger partial charge >= 0.3 is 0 Å². The van der Waals surface area contributed by atoms with Crippen LogP contribution in [0.5, 0.6) is 0 Å². The first-order chi connectivity index (χ1) is 11.3. The van der Waals surface area contributed by atoms with E-state index < -0.39 is 6.10 Å². The van der Waals surface area contributed by atoms with E-state index in [0.717, 1.165) is 11.3 Å². The van der Waals surface area contributed by atoms with Crippen molar-refractivity contribution < 1.29 is 9.90 Å². The molecule has 2 rings (SSSR count). The molecular weight excluding hydrogens is 326 g/mol. The molecule has 0 fully saturated rings. The van der Waals surface area contributed by atoms with Gasteiger partial charge in [0.25, 0.3) is 0 Å². The van der Waals surface area contributed by atoms with Gasteiger partial charge in [0.2, 0.25) is 5.91 Å². The van der Waals surface area contributed by atoms with E-state index in [1.807, 2.05) is 31.2 Å². The van der Waals surface area contributed by atoms with Crippen LogP contribution in [-0.2, 0) is 11.3 Å². The van der Waals surface area contributed by atoms with Crippen molar-refractivity contribution in [3.8, 4) is 0 Å². The lowest BCUT2D eigenvalue weighted by Crippen LogP contribution is -2.32. The molecule has 0 spiro atoms. The molecule has 1 heterocycles. The monoisotopic (exact) mass is 349 g/mol. The molecule has 1 atom stereocenters. The van der Waals surface area contributed by atoms with Gasteiger partial charge in [0, 0.05) is 6.54 Å². The molecule has 1 amide bonds. The molecule has 6 heteroatoms. The van der Waals surface area contributed by atoms with E-state index in [4.69, 9.17) is 11.6 Å². The van der Waals surface area contributed by atoms with E-state index in [2.05, 4.69) is 24.3 Å². The minimum absolute atomic E-state index is 0.0817. The summed E-state index contributed by atoms with van der Waals surface area (Å²) >= 11 is 6.07. The van der Waals surface area contributed by atoms with Crippen LogP contribution in [0.15, 0.2) is 24.3 Å². The lowest BCUT2D eigenvalue weighted by molar-refractivity contribution is -0.122. The minimum Gasteiger partial charge on any atom is -0.387 e. The van der Waals surface area contributed by atoms with Gasteiger partial charge in [-0.1, -0.05) is 49.7 Å². The standard InChI is InChI=1S/C18H24ClN3O2/c1-11(2)14-5-7-15(8-6-14)16(23)9-20-17(24)10-22-13(4)18(19)12(3)21-22/h5-8,11,16,23H,9-10H2,1-4H3,(H,20,24). The third-order valence-electron chi connectivity index (χ3n) is 4.07. The maximum atomic E-state index is 12.0. The van der Waals surface area contributed by atoms with Gasteiger partial charge in [0.15, 0.2) is 0 Å². The minimum atomic E-state index is -0.737. The molecule has 2 N–H and O–H groups in total. The van der Waals surface area contributed by atoms with Crippen molar-refractivity contribution >= 4 is 17.5 Å². The van der Waals surface area contributed by atoms with E-state index >= 15 is 0 Å². The van der Waals surface area contributed by atoms with Crippen LogP contribution in [-0.4, -0.2) is 27.3 Å². The molecule has 1 unspecified atom stereocenters. The predicted octanol–water partition coefficient (Wildman–Crippen LogP) is 3.13. The van der Waals surface area contributed by atoms with Gasteiger partial charge < -0.3 is 10.4 Å². The van der Waals surface area contributed by atoms with E-state index in [-0.39, 0.29) is 19.0 Å². The Morgan fingerprint density at radius 1 is 1.25 bits per heavy atom. The second-order valence-corrected chi connectivity index (χ2v) is 6.66. The topological polar surface area (TPSA) is 67.2 Å². The van der Waals surface area contributed by atoms with Gasteiger partial charge in [0.05, 0.1) is 22.5 Å². The maximum absolute atomic E-state index is 12.0. The summed E-state index contributed by atoms with van der Waals surface area (Å²) in [5.41, 5.74) is 3.46. The number of benzene rings is 1. The van der Waals surface area contributed by atoms with Crippen LogP contribution in [0.2, 0.25) is 5.02 Å². The van der Waals surface area contributed by atoms with Crippen LogP contribution in [0.1, 0.15) is 48.4 Å². The first kappa shape index (κ1) is 18.5. The number of aryl methyl sites for hydroxylation is 1. The van der Waals surface area contributed by atoms with Crippen molar-refractivity contribution in [3.05, 3.63) is 51.8 Å². The van der Waals surface area contributed by atoms with Crippen molar-refractivity contribution in [2.75, 3.05) is 6.54 Å². The number of hydrogen-bond acceptors (Lipinski definition) is 3. The average Bonchev–Trinajstić information content (AvgIpc) is 2.79. The summed E-state index contributed by atoms with van der Waals surface area (Å²) in [6.07, 6.45) is -0.737. The molecule has 0 bridgehead atoms. The summed E-state index contributed by atoms with van der Waals surface area (Å²) in [4.78, 5) is 12.0. The molecule has 0 aliphatic heterocycles. The smallest absolute Gasteiger partial charge is 0.241 e. The summed E-state index contributed by atoms with van der Waals surface area (Å²) in [5, 5.41) is 17.7. The van der Waals surface area contributed by atoms with Crippen molar-refractivity contribution in [2.24, 2.45) is 0 Å². The highest BCUT2D eigenvalue weighted by molar-refractivity contribution is 6.31. The van der Waals surface area contributed by atoms with Crippen molar-refractivity contribution in [1.29, 1.82) is 0 Å². The Kier molecular flexibility index (Phi) is 6.02. The Morgan fingerprint density at radius 2 is 1.83 bits per heavy atom. The van der Waals surface area contributed by atoms with Gasteiger partial charge in [-0.05, 0) is 30.9 Å². The number of aromatic nitrogens is 2. The lowest BCUT2D eigenvalue weighted by atomic mass is 10.00. The lowest BCUT2D eigenvalue weighted by Gasteiger charge is -2.14. The average molecular weight is 350 g/mol. The van der Waals surface area contributed by atoms with Crippen LogP contribution < -0.4 is 5.32 Å². The van der Waals surface area contributed by atoms with Crippen LogP contribution in [0.4, 0.5) is 0 Å². The molecule has 130 valence electrons. The number of carbonyl (C=O) groups excluding carboxylic acids is 1. The van der Waals surface area contributed by atoms with Crippen LogP contribution in [0.3, 0.4) is 0 Å². The summed E-state index contributed by atoms with van der Waals surface area (Å²) in [5.74, 6) is 0.235. The molecule has 1 aromatic heterocycles. The van der Waals surface area contributed by atoms with Crippen LogP contribution >= 0.6 is 11.6 Å². The molecule has 5 nitrogen and oxygen atoms in total. The Balaban J connectivity index is 1.89. The highest BCUT2D eigenvalue weighted by Crippen LogP contribution is 2.19. The first-order valence-electron chi connectivity index (χ1n) is 8.03. The van der Waals surface area contributed by atoms with Gasteiger partial charge in [-0.25, -0.2) is 0 Å². The summed E-state index contributed by atoms with van der Waals surface area (Å²) in [6, 6.07) is 7.80. The quantitative estimate of drug-likeness (QED) is 0.842. The van der Waals surface area contributed by atoms with E-state index in [9.17, 15) is 9.90 Å². The molecule has 0 saturated carbocycles. The molecule has 0 aliphatic carbocycles. The molecule has 2 aromatic rings. The molecule has 0 saturated heterocycles. The number of aliphatic hydroxyl groups is 1. The zero-order valence-corrected chi connectivity index (χ0v) is 15.3. The Labute approximate surface area is 147 Å². The maximum Gasteiger partial charge on any atom is 0.241 e. The van der Waals surface area contributed by atoms with E-state index in [0.29, 0.717) is 16.6 Å². The summed E-state index contributed by atoms with van der Waals surface area (Å²) in [6.45, 7) is 8.11.